The van der Waals surface area contributed by atoms with Crippen LogP contribution in [0.25, 0.3) is 0 Å². The van der Waals surface area contributed by atoms with Crippen molar-refractivity contribution in [3.8, 4) is 0 Å². The van der Waals surface area contributed by atoms with Gasteiger partial charge in [-0.1, -0.05) is 128 Å². The maximum atomic E-state index is 2.53. The molecule has 0 aliphatic rings. The minimum absolute atomic E-state index is 0.708. The first kappa shape index (κ1) is 22.3. The van der Waals surface area contributed by atoms with Gasteiger partial charge in [0.25, 0.3) is 0 Å². The van der Waals surface area contributed by atoms with Crippen LogP contribution in [-0.2, 0) is 6.42 Å². The SMILES string of the molecule is CCCCCCCCCCCCCCC[CH]C(C)Cc1ccccc1. The Bertz CT molecular complexity index is 367. The van der Waals surface area contributed by atoms with Crippen LogP contribution in [0.3, 0.4) is 0 Å². The fraction of sp³-hybridized carbons (Fsp3) is 0.720. The molecule has 0 aromatic heterocycles. The van der Waals surface area contributed by atoms with E-state index in [2.05, 4.69) is 50.6 Å². The molecule has 0 saturated carbocycles. The summed E-state index contributed by atoms with van der Waals surface area (Å²) in [4.78, 5) is 0. The summed E-state index contributed by atoms with van der Waals surface area (Å²) in [6.45, 7) is 4.65. The van der Waals surface area contributed by atoms with E-state index in [1.165, 1.54) is 102 Å². The van der Waals surface area contributed by atoms with E-state index < -0.39 is 0 Å². The molecule has 0 fully saturated rings. The average molecular weight is 344 g/mol. The topological polar surface area (TPSA) is 0 Å². The Labute approximate surface area is 158 Å². The third kappa shape index (κ3) is 14.1. The summed E-state index contributed by atoms with van der Waals surface area (Å²) in [5.41, 5.74) is 1.47. The van der Waals surface area contributed by atoms with Crippen molar-refractivity contribution in [3.05, 3.63) is 42.3 Å². The predicted octanol–water partition coefficient (Wildman–Crippen LogP) is 8.55. The predicted molar refractivity (Wildman–Crippen MR) is 114 cm³/mol. The highest BCUT2D eigenvalue weighted by Gasteiger charge is 2.03. The summed E-state index contributed by atoms with van der Waals surface area (Å²) in [5, 5.41) is 0. The van der Waals surface area contributed by atoms with Gasteiger partial charge < -0.3 is 0 Å². The van der Waals surface area contributed by atoms with Crippen LogP contribution in [0.1, 0.15) is 109 Å². The van der Waals surface area contributed by atoms with Crippen molar-refractivity contribution in [2.75, 3.05) is 0 Å². The van der Waals surface area contributed by atoms with Gasteiger partial charge in [0.2, 0.25) is 0 Å². The highest BCUT2D eigenvalue weighted by Crippen LogP contribution is 2.16. The van der Waals surface area contributed by atoms with Gasteiger partial charge in [0.05, 0.1) is 0 Å². The Kier molecular flexibility index (Phi) is 14.8. The summed E-state index contributed by atoms with van der Waals surface area (Å²) in [6, 6.07) is 10.9. The van der Waals surface area contributed by atoms with Gasteiger partial charge in [0.1, 0.15) is 0 Å². The Hall–Kier alpha value is -0.780. The minimum atomic E-state index is 0.708. The van der Waals surface area contributed by atoms with Gasteiger partial charge in [-0.3, -0.25) is 0 Å². The molecule has 0 nitrogen and oxygen atoms in total. The van der Waals surface area contributed by atoms with Crippen molar-refractivity contribution in [3.63, 3.8) is 0 Å². The van der Waals surface area contributed by atoms with E-state index >= 15 is 0 Å². The Morgan fingerprint density at radius 1 is 0.680 bits per heavy atom. The van der Waals surface area contributed by atoms with Crippen LogP contribution in [0.5, 0.6) is 0 Å². The van der Waals surface area contributed by atoms with Crippen LogP contribution < -0.4 is 0 Å². The van der Waals surface area contributed by atoms with Gasteiger partial charge in [0.15, 0.2) is 0 Å². The fourth-order valence-electron chi connectivity index (χ4n) is 3.63. The molecule has 0 saturated heterocycles. The van der Waals surface area contributed by atoms with E-state index in [-0.39, 0.29) is 0 Å². The third-order valence-electron chi connectivity index (χ3n) is 5.28. The van der Waals surface area contributed by atoms with Crippen molar-refractivity contribution in [1.82, 2.24) is 0 Å². The van der Waals surface area contributed by atoms with Crippen LogP contribution in [0.2, 0.25) is 0 Å². The molecule has 1 aromatic rings. The van der Waals surface area contributed by atoms with Crippen LogP contribution in [0, 0.1) is 12.3 Å². The lowest BCUT2D eigenvalue weighted by Gasteiger charge is -2.11. The summed E-state index contributed by atoms with van der Waals surface area (Å²) in [5.74, 6) is 0.708. The molecule has 1 aromatic carbocycles. The van der Waals surface area contributed by atoms with Crippen LogP contribution in [0.4, 0.5) is 0 Å². The second-order valence-corrected chi connectivity index (χ2v) is 7.93. The molecule has 0 amide bonds. The van der Waals surface area contributed by atoms with Crippen molar-refractivity contribution >= 4 is 0 Å². The maximum Gasteiger partial charge on any atom is -0.0250 e. The van der Waals surface area contributed by atoms with E-state index in [1.807, 2.05) is 0 Å². The summed E-state index contributed by atoms with van der Waals surface area (Å²) in [7, 11) is 0. The van der Waals surface area contributed by atoms with Gasteiger partial charge in [-0.25, -0.2) is 0 Å². The maximum absolute atomic E-state index is 2.53. The fourth-order valence-corrected chi connectivity index (χ4v) is 3.63. The lowest BCUT2D eigenvalue weighted by Crippen LogP contribution is -2.00. The molecule has 0 heterocycles. The molecule has 143 valence electrons. The molecular formula is C25H43. The molecule has 1 atom stereocenters. The molecule has 0 spiro atoms. The normalized spacial score (nSPS) is 12.4. The summed E-state index contributed by atoms with van der Waals surface area (Å²) < 4.78 is 0. The molecule has 1 rings (SSSR count). The summed E-state index contributed by atoms with van der Waals surface area (Å²) in [6.07, 6.45) is 23.8. The molecule has 0 N–H and O–H groups in total. The van der Waals surface area contributed by atoms with E-state index in [0.717, 1.165) is 0 Å². The van der Waals surface area contributed by atoms with Crippen molar-refractivity contribution in [1.29, 1.82) is 0 Å². The zero-order valence-electron chi connectivity index (χ0n) is 17.1. The smallest absolute Gasteiger partial charge is 0.0250 e. The first-order chi connectivity index (χ1) is 12.3. The largest absolute Gasteiger partial charge is 0.0654 e. The van der Waals surface area contributed by atoms with E-state index in [4.69, 9.17) is 0 Å². The van der Waals surface area contributed by atoms with Crippen LogP contribution in [-0.4, -0.2) is 0 Å². The first-order valence-corrected chi connectivity index (χ1v) is 11.2. The van der Waals surface area contributed by atoms with E-state index in [0.29, 0.717) is 5.92 Å². The number of unbranched alkanes of at least 4 members (excludes halogenated alkanes) is 13. The third-order valence-corrected chi connectivity index (χ3v) is 5.28. The number of hydrogen-bond acceptors (Lipinski definition) is 0. The number of hydrogen-bond donors (Lipinski definition) is 0. The van der Waals surface area contributed by atoms with Gasteiger partial charge in [-0.05, 0) is 30.7 Å². The van der Waals surface area contributed by atoms with Crippen molar-refractivity contribution in [2.24, 2.45) is 5.92 Å². The van der Waals surface area contributed by atoms with Crippen LogP contribution >= 0.6 is 0 Å². The van der Waals surface area contributed by atoms with Gasteiger partial charge >= 0.3 is 0 Å². The number of benzene rings is 1. The van der Waals surface area contributed by atoms with Gasteiger partial charge in [-0.2, -0.15) is 0 Å². The molecular weight excluding hydrogens is 300 g/mol. The Balaban J connectivity index is 1.78. The van der Waals surface area contributed by atoms with Crippen LogP contribution in [0.15, 0.2) is 30.3 Å². The number of rotatable bonds is 17. The van der Waals surface area contributed by atoms with E-state index in [1.54, 1.807) is 0 Å². The van der Waals surface area contributed by atoms with E-state index in [9.17, 15) is 0 Å². The van der Waals surface area contributed by atoms with Gasteiger partial charge in [0, 0.05) is 0 Å². The Morgan fingerprint density at radius 3 is 1.68 bits per heavy atom. The molecule has 1 unspecified atom stereocenters. The van der Waals surface area contributed by atoms with Crippen molar-refractivity contribution in [2.45, 2.75) is 110 Å². The molecule has 0 bridgehead atoms. The highest BCUT2D eigenvalue weighted by molar-refractivity contribution is 5.15. The zero-order valence-corrected chi connectivity index (χ0v) is 17.1. The minimum Gasteiger partial charge on any atom is -0.0654 e. The molecule has 0 aliphatic heterocycles. The first-order valence-electron chi connectivity index (χ1n) is 11.2. The lowest BCUT2D eigenvalue weighted by atomic mass is 9.95. The molecule has 0 heteroatoms. The highest BCUT2D eigenvalue weighted by atomic mass is 14.1. The lowest BCUT2D eigenvalue weighted by molar-refractivity contribution is 0.533. The zero-order chi connectivity index (χ0) is 18.0. The molecule has 1 radical (unpaired) electrons. The summed E-state index contributed by atoms with van der Waals surface area (Å²) >= 11 is 0. The molecule has 25 heavy (non-hydrogen) atoms. The quantitative estimate of drug-likeness (QED) is 0.248. The van der Waals surface area contributed by atoms with Gasteiger partial charge in [-0.15, -0.1) is 0 Å². The second kappa shape index (κ2) is 16.7. The molecule has 0 aliphatic carbocycles. The monoisotopic (exact) mass is 343 g/mol. The van der Waals surface area contributed by atoms with Crippen molar-refractivity contribution < 1.29 is 0 Å². The standard InChI is InChI=1S/C25H43/c1-3-4-5-6-7-8-9-10-11-12-13-14-15-17-20-24(2)23-25-21-18-16-19-22-25/h16,18-22,24H,3-15,17,23H2,1-2H3. The second-order valence-electron chi connectivity index (χ2n) is 7.93. The Morgan fingerprint density at radius 2 is 1.16 bits per heavy atom. The average Bonchev–Trinajstić information content (AvgIpc) is 2.63.